The maximum Gasteiger partial charge on any atom is 0.267 e. The molecule has 0 saturated carbocycles. The highest BCUT2D eigenvalue weighted by molar-refractivity contribution is 6.31. The average molecular weight is 354 g/mol. The summed E-state index contributed by atoms with van der Waals surface area (Å²) in [5.41, 5.74) is 3.91. The number of nitrogens with zero attached hydrogens (tertiary/aromatic N) is 1. The quantitative estimate of drug-likeness (QED) is 0.466. The first-order valence-electron chi connectivity index (χ1n) is 7.96. The molecule has 25 heavy (non-hydrogen) atoms. The number of aryl methyl sites for hydroxylation is 2. The van der Waals surface area contributed by atoms with Crippen molar-refractivity contribution in [1.82, 2.24) is 5.32 Å². The molecule has 0 fully saturated rings. The van der Waals surface area contributed by atoms with Gasteiger partial charge in [-0.3, -0.25) is 4.79 Å². The summed E-state index contributed by atoms with van der Waals surface area (Å²) in [6.45, 7) is 4.55. The van der Waals surface area contributed by atoms with Crippen molar-refractivity contribution in [2.45, 2.75) is 20.3 Å². The van der Waals surface area contributed by atoms with Gasteiger partial charge < -0.3 is 10.6 Å². The third-order valence-electron chi connectivity index (χ3n) is 3.70. The Kier molecular flexibility index (Phi) is 6.62. The number of carbonyl (C=O) groups is 1. The highest BCUT2D eigenvalue weighted by atomic mass is 35.5. The fraction of sp³-hybridized carbons (Fsp3) is 0.200. The molecule has 0 heterocycles. The summed E-state index contributed by atoms with van der Waals surface area (Å²) in [6.07, 6.45) is 2.26. The van der Waals surface area contributed by atoms with Gasteiger partial charge in [0.1, 0.15) is 11.6 Å². The van der Waals surface area contributed by atoms with E-state index in [-0.39, 0.29) is 5.57 Å². The summed E-state index contributed by atoms with van der Waals surface area (Å²) in [7, 11) is 0. The van der Waals surface area contributed by atoms with Gasteiger partial charge in [0.05, 0.1) is 0 Å². The zero-order valence-electron chi connectivity index (χ0n) is 14.3. The minimum Gasteiger partial charge on any atom is -0.389 e. The first-order valence-corrected chi connectivity index (χ1v) is 8.34. The van der Waals surface area contributed by atoms with Crippen LogP contribution in [0.15, 0.2) is 54.2 Å². The minimum atomic E-state index is -0.462. The van der Waals surface area contributed by atoms with Crippen LogP contribution in [0.4, 0.5) is 5.69 Å². The number of halogens is 1. The summed E-state index contributed by atoms with van der Waals surface area (Å²) in [5.74, 6) is -0.462. The number of benzene rings is 2. The van der Waals surface area contributed by atoms with Crippen LogP contribution in [0.5, 0.6) is 0 Å². The van der Waals surface area contributed by atoms with Crippen molar-refractivity contribution in [3.8, 4) is 6.07 Å². The number of amides is 1. The van der Waals surface area contributed by atoms with E-state index in [9.17, 15) is 10.1 Å². The molecule has 0 bridgehead atoms. The third kappa shape index (κ3) is 5.66. The van der Waals surface area contributed by atoms with E-state index in [1.807, 2.05) is 38.1 Å². The Morgan fingerprint density at radius 1 is 1.24 bits per heavy atom. The molecule has 0 aromatic heterocycles. The standard InChI is InChI=1S/C20H20ClN3O/c1-14-4-3-5-16(10-14)8-9-23-13-17(12-22)20(25)24-19-11-18(21)7-6-15(19)2/h3-7,10-11,13,23H,8-9H2,1-2H3,(H,24,25)/b17-13-. The number of nitriles is 1. The van der Waals surface area contributed by atoms with E-state index in [1.165, 1.54) is 17.3 Å². The molecule has 0 atom stereocenters. The highest BCUT2D eigenvalue weighted by Gasteiger charge is 2.10. The van der Waals surface area contributed by atoms with Crippen LogP contribution in [0.1, 0.15) is 16.7 Å². The lowest BCUT2D eigenvalue weighted by atomic mass is 10.1. The summed E-state index contributed by atoms with van der Waals surface area (Å²) in [4.78, 5) is 12.2. The second-order valence-electron chi connectivity index (χ2n) is 5.78. The molecule has 2 aromatic carbocycles. The fourth-order valence-corrected chi connectivity index (χ4v) is 2.50. The van der Waals surface area contributed by atoms with Crippen molar-refractivity contribution in [3.63, 3.8) is 0 Å². The maximum absolute atomic E-state index is 12.2. The number of hydrogen-bond donors (Lipinski definition) is 2. The van der Waals surface area contributed by atoms with Gasteiger partial charge in [-0.25, -0.2) is 0 Å². The van der Waals surface area contributed by atoms with Crippen LogP contribution < -0.4 is 10.6 Å². The largest absolute Gasteiger partial charge is 0.389 e. The van der Waals surface area contributed by atoms with E-state index in [4.69, 9.17) is 11.6 Å². The van der Waals surface area contributed by atoms with E-state index < -0.39 is 5.91 Å². The zero-order chi connectivity index (χ0) is 18.2. The van der Waals surface area contributed by atoms with Crippen LogP contribution in [-0.2, 0) is 11.2 Å². The Morgan fingerprint density at radius 2 is 2.04 bits per heavy atom. The first-order chi connectivity index (χ1) is 12.0. The smallest absolute Gasteiger partial charge is 0.267 e. The van der Waals surface area contributed by atoms with Gasteiger partial charge in [0.25, 0.3) is 5.91 Å². The van der Waals surface area contributed by atoms with E-state index >= 15 is 0 Å². The minimum absolute atomic E-state index is 0.0172. The Hall–Kier alpha value is -2.77. The van der Waals surface area contributed by atoms with Crippen molar-refractivity contribution >= 4 is 23.2 Å². The van der Waals surface area contributed by atoms with E-state index in [1.54, 1.807) is 12.1 Å². The van der Waals surface area contributed by atoms with Gasteiger partial charge in [0.2, 0.25) is 0 Å². The lowest BCUT2D eigenvalue weighted by Gasteiger charge is -2.08. The second kappa shape index (κ2) is 8.91. The van der Waals surface area contributed by atoms with Gasteiger partial charge in [0, 0.05) is 23.5 Å². The topological polar surface area (TPSA) is 64.9 Å². The van der Waals surface area contributed by atoms with Crippen LogP contribution in [0.25, 0.3) is 0 Å². The third-order valence-corrected chi connectivity index (χ3v) is 3.93. The lowest BCUT2D eigenvalue weighted by molar-refractivity contribution is -0.112. The summed E-state index contributed by atoms with van der Waals surface area (Å²) in [5, 5.41) is 15.5. The Bertz CT molecular complexity index is 837. The molecule has 0 spiro atoms. The van der Waals surface area contributed by atoms with E-state index in [2.05, 4.69) is 22.8 Å². The van der Waals surface area contributed by atoms with Crippen molar-refractivity contribution in [2.75, 3.05) is 11.9 Å². The molecule has 1 amide bonds. The predicted molar refractivity (Wildman–Crippen MR) is 101 cm³/mol. The molecule has 0 aliphatic heterocycles. The molecule has 2 aromatic rings. The normalized spacial score (nSPS) is 10.9. The Morgan fingerprint density at radius 3 is 2.76 bits per heavy atom. The zero-order valence-corrected chi connectivity index (χ0v) is 15.0. The predicted octanol–water partition coefficient (Wildman–Crippen LogP) is 4.14. The van der Waals surface area contributed by atoms with Gasteiger partial charge in [-0.15, -0.1) is 0 Å². The first kappa shape index (κ1) is 18.6. The molecule has 0 saturated heterocycles. The molecule has 128 valence electrons. The average Bonchev–Trinajstić information content (AvgIpc) is 2.58. The molecular weight excluding hydrogens is 334 g/mol. The van der Waals surface area contributed by atoms with Gasteiger partial charge in [0.15, 0.2) is 0 Å². The van der Waals surface area contributed by atoms with E-state index in [0.717, 1.165) is 12.0 Å². The van der Waals surface area contributed by atoms with Crippen molar-refractivity contribution in [1.29, 1.82) is 5.26 Å². The molecule has 2 N–H and O–H groups in total. The lowest BCUT2D eigenvalue weighted by Crippen LogP contribution is -2.18. The van der Waals surface area contributed by atoms with Gasteiger partial charge >= 0.3 is 0 Å². The van der Waals surface area contributed by atoms with Gasteiger partial charge in [-0.05, 0) is 43.5 Å². The monoisotopic (exact) mass is 353 g/mol. The number of rotatable bonds is 6. The molecule has 0 aliphatic carbocycles. The molecule has 0 radical (unpaired) electrons. The van der Waals surface area contributed by atoms with E-state index in [0.29, 0.717) is 17.3 Å². The molecule has 2 rings (SSSR count). The summed E-state index contributed by atoms with van der Waals surface area (Å²) in [6, 6.07) is 15.4. The van der Waals surface area contributed by atoms with Crippen molar-refractivity contribution in [3.05, 3.63) is 76.0 Å². The number of carbonyl (C=O) groups excluding carboxylic acids is 1. The summed E-state index contributed by atoms with van der Waals surface area (Å²) >= 11 is 5.94. The van der Waals surface area contributed by atoms with Crippen LogP contribution in [0, 0.1) is 25.2 Å². The summed E-state index contributed by atoms with van der Waals surface area (Å²) < 4.78 is 0. The Labute approximate surface area is 153 Å². The Balaban J connectivity index is 1.94. The number of nitrogens with one attached hydrogen (secondary N) is 2. The van der Waals surface area contributed by atoms with Crippen LogP contribution >= 0.6 is 11.6 Å². The SMILES string of the molecule is Cc1cccc(CCN/C=C(/C#N)C(=O)Nc2cc(Cl)ccc2C)c1. The molecule has 4 nitrogen and oxygen atoms in total. The molecular formula is C20H20ClN3O. The maximum atomic E-state index is 12.2. The van der Waals surface area contributed by atoms with Crippen molar-refractivity contribution < 1.29 is 4.79 Å². The second-order valence-corrected chi connectivity index (χ2v) is 6.21. The van der Waals surface area contributed by atoms with Crippen molar-refractivity contribution in [2.24, 2.45) is 0 Å². The number of hydrogen-bond acceptors (Lipinski definition) is 3. The highest BCUT2D eigenvalue weighted by Crippen LogP contribution is 2.20. The molecule has 5 heteroatoms. The van der Waals surface area contributed by atoms with Gasteiger partial charge in [-0.2, -0.15) is 5.26 Å². The van der Waals surface area contributed by atoms with Crippen LogP contribution in [0.3, 0.4) is 0 Å². The molecule has 0 aliphatic rings. The van der Waals surface area contributed by atoms with Crippen LogP contribution in [0.2, 0.25) is 5.02 Å². The number of anilines is 1. The molecule has 0 unspecified atom stereocenters. The fourth-order valence-electron chi connectivity index (χ4n) is 2.33. The van der Waals surface area contributed by atoms with Gasteiger partial charge in [-0.1, -0.05) is 47.5 Å². The van der Waals surface area contributed by atoms with Crippen LogP contribution in [-0.4, -0.2) is 12.5 Å².